The maximum atomic E-state index is 12.9. The Hall–Kier alpha value is -3.62. The van der Waals surface area contributed by atoms with Crippen LogP contribution in [0, 0.1) is 0 Å². The molecule has 0 aliphatic rings. The first kappa shape index (κ1) is 18.7. The van der Waals surface area contributed by atoms with Crippen LogP contribution in [-0.2, 0) is 10.3 Å². The predicted octanol–water partition coefficient (Wildman–Crippen LogP) is 4.17. The molecular weight excluding hydrogens is 392 g/mol. The molecule has 0 aromatic heterocycles. The van der Waals surface area contributed by atoms with Gasteiger partial charge in [-0.05, 0) is 64.0 Å². The van der Waals surface area contributed by atoms with Crippen LogP contribution in [0.5, 0.6) is 5.75 Å². The summed E-state index contributed by atoms with van der Waals surface area (Å²) in [5, 5.41) is 15.9. The molecule has 1 amide bonds. The van der Waals surface area contributed by atoms with Crippen molar-refractivity contribution < 1.29 is 22.9 Å². The second-order valence-electron chi connectivity index (χ2n) is 6.48. The molecule has 0 aliphatic carbocycles. The van der Waals surface area contributed by atoms with Crippen LogP contribution in [0.2, 0.25) is 0 Å². The molecule has 0 spiro atoms. The Morgan fingerprint density at radius 1 is 0.793 bits per heavy atom. The van der Waals surface area contributed by atoms with Crippen molar-refractivity contribution in [2.75, 3.05) is 10.0 Å². The van der Waals surface area contributed by atoms with Gasteiger partial charge in [-0.15, -0.1) is 0 Å². The zero-order valence-electron chi connectivity index (χ0n) is 15.0. The van der Waals surface area contributed by atoms with E-state index >= 15 is 0 Å². The van der Waals surface area contributed by atoms with Gasteiger partial charge in [-0.25, -0.2) is 0 Å². The maximum absolute atomic E-state index is 12.9. The smallest absolute Gasteiger partial charge is 0.357 e. The standard InChI is InChI=1S/C21H16N2O5S/c24-16-10-5-13-11-20(18-4-2-1-3-17(18)19(13)12-16)21(25)22-14-6-8-15(9-7-14)23-29(26,27)28/h1-12,23-24H,(H,22,25)(H,26,27,28). The minimum atomic E-state index is -4.36. The van der Waals surface area contributed by atoms with Crippen LogP contribution >= 0.6 is 0 Å². The molecule has 0 bridgehead atoms. The first-order chi connectivity index (χ1) is 13.8. The molecule has 0 saturated carbocycles. The minimum Gasteiger partial charge on any atom is -0.508 e. The fourth-order valence-corrected chi connectivity index (χ4v) is 3.68. The second-order valence-corrected chi connectivity index (χ2v) is 7.64. The van der Waals surface area contributed by atoms with E-state index in [0.717, 1.165) is 21.5 Å². The summed E-state index contributed by atoms with van der Waals surface area (Å²) >= 11 is 0. The van der Waals surface area contributed by atoms with Crippen LogP contribution in [0.25, 0.3) is 21.5 Å². The van der Waals surface area contributed by atoms with E-state index in [9.17, 15) is 18.3 Å². The molecule has 8 heteroatoms. The Kier molecular flexibility index (Phi) is 4.57. The molecule has 7 nitrogen and oxygen atoms in total. The van der Waals surface area contributed by atoms with Crippen LogP contribution in [0.1, 0.15) is 10.4 Å². The number of fused-ring (bicyclic) bond motifs is 3. The average molecular weight is 408 g/mol. The second kappa shape index (κ2) is 7.08. The monoisotopic (exact) mass is 408 g/mol. The number of nitrogens with one attached hydrogen (secondary N) is 2. The highest BCUT2D eigenvalue weighted by molar-refractivity contribution is 7.87. The third-order valence-electron chi connectivity index (χ3n) is 4.48. The van der Waals surface area contributed by atoms with Crippen LogP contribution in [0.3, 0.4) is 0 Å². The van der Waals surface area contributed by atoms with Gasteiger partial charge in [-0.3, -0.25) is 14.1 Å². The fourth-order valence-electron chi connectivity index (χ4n) is 3.25. The molecule has 4 N–H and O–H groups in total. The van der Waals surface area contributed by atoms with Gasteiger partial charge in [0.05, 0.1) is 5.69 Å². The number of carbonyl (C=O) groups excluding carboxylic acids is 1. The Morgan fingerprint density at radius 2 is 1.45 bits per heavy atom. The summed E-state index contributed by atoms with van der Waals surface area (Å²) in [5.41, 5.74) is 1.10. The third-order valence-corrected chi connectivity index (χ3v) is 4.97. The number of benzene rings is 4. The normalized spacial score (nSPS) is 11.5. The van der Waals surface area contributed by atoms with E-state index in [0.29, 0.717) is 11.3 Å². The molecule has 146 valence electrons. The van der Waals surface area contributed by atoms with Crippen LogP contribution in [-0.4, -0.2) is 24.0 Å². The topological polar surface area (TPSA) is 116 Å². The Labute approximate surface area is 166 Å². The average Bonchev–Trinajstić information content (AvgIpc) is 2.68. The summed E-state index contributed by atoms with van der Waals surface area (Å²) in [6.45, 7) is 0. The molecule has 4 aromatic rings. The lowest BCUT2D eigenvalue weighted by molar-refractivity contribution is 0.102. The van der Waals surface area contributed by atoms with Crippen molar-refractivity contribution in [2.24, 2.45) is 0 Å². The molecule has 0 unspecified atom stereocenters. The summed E-state index contributed by atoms with van der Waals surface area (Å²) in [6, 6.07) is 20.1. The number of hydrogen-bond donors (Lipinski definition) is 4. The lowest BCUT2D eigenvalue weighted by atomic mass is 9.96. The van der Waals surface area contributed by atoms with E-state index in [4.69, 9.17) is 4.55 Å². The highest BCUT2D eigenvalue weighted by Crippen LogP contribution is 2.31. The molecule has 0 heterocycles. The number of phenols is 1. The third kappa shape index (κ3) is 3.98. The highest BCUT2D eigenvalue weighted by atomic mass is 32.2. The SMILES string of the molecule is O=C(Nc1ccc(NS(=O)(=O)O)cc1)c1cc2ccc(O)cc2c2ccccc12. The van der Waals surface area contributed by atoms with Crippen molar-refractivity contribution in [3.8, 4) is 5.75 Å². The van der Waals surface area contributed by atoms with E-state index in [-0.39, 0.29) is 17.3 Å². The van der Waals surface area contributed by atoms with Gasteiger partial charge in [-0.1, -0.05) is 30.3 Å². The molecule has 4 aromatic carbocycles. The van der Waals surface area contributed by atoms with Crippen LogP contribution in [0.4, 0.5) is 11.4 Å². The Morgan fingerprint density at radius 3 is 2.14 bits per heavy atom. The lowest BCUT2D eigenvalue weighted by Gasteiger charge is -2.12. The van der Waals surface area contributed by atoms with Gasteiger partial charge in [0.1, 0.15) is 5.75 Å². The number of phenolic OH excluding ortho intramolecular Hbond substituents is 1. The van der Waals surface area contributed by atoms with Crippen molar-refractivity contribution in [3.05, 3.63) is 78.4 Å². The van der Waals surface area contributed by atoms with Crippen molar-refractivity contribution in [1.29, 1.82) is 0 Å². The number of amides is 1. The van der Waals surface area contributed by atoms with Crippen molar-refractivity contribution in [3.63, 3.8) is 0 Å². The quantitative estimate of drug-likeness (QED) is 0.299. The van der Waals surface area contributed by atoms with Gasteiger partial charge in [-0.2, -0.15) is 8.42 Å². The first-order valence-corrected chi connectivity index (χ1v) is 10.1. The summed E-state index contributed by atoms with van der Waals surface area (Å²) in [6.07, 6.45) is 0. The molecular formula is C21H16N2O5S. The van der Waals surface area contributed by atoms with E-state index in [1.807, 2.05) is 29.0 Å². The van der Waals surface area contributed by atoms with Crippen molar-refractivity contribution in [1.82, 2.24) is 0 Å². The van der Waals surface area contributed by atoms with Gasteiger partial charge >= 0.3 is 10.3 Å². The summed E-state index contributed by atoms with van der Waals surface area (Å²) in [4.78, 5) is 12.9. The van der Waals surface area contributed by atoms with Gasteiger partial charge < -0.3 is 10.4 Å². The molecule has 0 aliphatic heterocycles. The summed E-state index contributed by atoms with van der Waals surface area (Å²) in [5.74, 6) is -0.176. The van der Waals surface area contributed by atoms with Gasteiger partial charge in [0, 0.05) is 11.3 Å². The van der Waals surface area contributed by atoms with Crippen LogP contribution in [0.15, 0.2) is 72.8 Å². The first-order valence-electron chi connectivity index (χ1n) is 8.61. The summed E-state index contributed by atoms with van der Waals surface area (Å²) in [7, 11) is -4.36. The van der Waals surface area contributed by atoms with Crippen molar-refractivity contribution in [2.45, 2.75) is 0 Å². The number of hydrogen-bond acceptors (Lipinski definition) is 4. The van der Waals surface area contributed by atoms with Gasteiger partial charge in [0.25, 0.3) is 5.91 Å². The van der Waals surface area contributed by atoms with Gasteiger partial charge in [0.15, 0.2) is 0 Å². The van der Waals surface area contributed by atoms with E-state index in [1.54, 1.807) is 24.3 Å². The van der Waals surface area contributed by atoms with E-state index in [2.05, 4.69) is 5.32 Å². The summed E-state index contributed by atoms with van der Waals surface area (Å²) < 4.78 is 32.5. The molecule has 4 rings (SSSR count). The highest BCUT2D eigenvalue weighted by Gasteiger charge is 2.14. The molecule has 0 radical (unpaired) electrons. The van der Waals surface area contributed by atoms with Crippen molar-refractivity contribution >= 4 is 49.1 Å². The largest absolute Gasteiger partial charge is 0.508 e. The Bertz CT molecular complexity index is 1350. The number of anilines is 2. The van der Waals surface area contributed by atoms with Crippen LogP contribution < -0.4 is 10.0 Å². The molecule has 0 saturated heterocycles. The minimum absolute atomic E-state index is 0.151. The maximum Gasteiger partial charge on any atom is 0.357 e. The lowest BCUT2D eigenvalue weighted by Crippen LogP contribution is -2.13. The zero-order chi connectivity index (χ0) is 20.6. The fraction of sp³-hybridized carbons (Fsp3) is 0. The zero-order valence-corrected chi connectivity index (χ0v) is 15.8. The number of aromatic hydroxyl groups is 1. The van der Waals surface area contributed by atoms with E-state index in [1.165, 1.54) is 24.3 Å². The molecule has 0 fully saturated rings. The van der Waals surface area contributed by atoms with E-state index < -0.39 is 10.3 Å². The number of carbonyl (C=O) groups is 1. The number of rotatable bonds is 4. The molecule has 0 atom stereocenters. The predicted molar refractivity (Wildman–Crippen MR) is 113 cm³/mol. The van der Waals surface area contributed by atoms with Gasteiger partial charge in [0.2, 0.25) is 0 Å². The Balaban J connectivity index is 1.70. The molecule has 29 heavy (non-hydrogen) atoms.